The Kier molecular flexibility index (Phi) is 4.55. The largest absolute Gasteiger partial charge is 0.508 e. The van der Waals surface area contributed by atoms with Crippen molar-refractivity contribution >= 4 is 5.91 Å². The van der Waals surface area contributed by atoms with Gasteiger partial charge in [-0.3, -0.25) is 9.89 Å². The zero-order valence-electron chi connectivity index (χ0n) is 16.3. The third-order valence-corrected chi connectivity index (χ3v) is 5.49. The van der Waals surface area contributed by atoms with Crippen molar-refractivity contribution in [3.63, 3.8) is 0 Å². The van der Waals surface area contributed by atoms with Gasteiger partial charge in [0, 0.05) is 36.6 Å². The molecule has 3 heterocycles. The molecule has 4 aromatic rings. The fourth-order valence-corrected chi connectivity index (χ4v) is 4.09. The summed E-state index contributed by atoms with van der Waals surface area (Å²) in [4.78, 5) is 19.2. The Morgan fingerprint density at radius 1 is 1.03 bits per heavy atom. The highest BCUT2D eigenvalue weighted by molar-refractivity contribution is 6.00. The van der Waals surface area contributed by atoms with Gasteiger partial charge in [-0.25, -0.2) is 4.98 Å². The summed E-state index contributed by atoms with van der Waals surface area (Å²) in [5, 5.41) is 17.2. The highest BCUT2D eigenvalue weighted by Gasteiger charge is 2.41. The summed E-state index contributed by atoms with van der Waals surface area (Å²) in [6, 6.07) is 16.7. The lowest BCUT2D eigenvalue weighted by atomic mass is 9.96. The summed E-state index contributed by atoms with van der Waals surface area (Å²) >= 11 is 0. The molecule has 1 aliphatic rings. The van der Waals surface area contributed by atoms with Crippen LogP contribution in [0.3, 0.4) is 0 Å². The van der Waals surface area contributed by atoms with E-state index in [0.717, 1.165) is 35.3 Å². The normalized spacial score (nSPS) is 15.5. The molecule has 0 aliphatic carbocycles. The highest BCUT2D eigenvalue weighted by Crippen LogP contribution is 2.43. The van der Waals surface area contributed by atoms with Crippen molar-refractivity contribution in [2.45, 2.75) is 19.0 Å². The van der Waals surface area contributed by atoms with Gasteiger partial charge in [0.05, 0.1) is 18.1 Å². The first-order chi connectivity index (χ1) is 14.7. The Hall–Kier alpha value is -3.87. The van der Waals surface area contributed by atoms with Gasteiger partial charge in [0.15, 0.2) is 0 Å². The number of nitrogens with one attached hydrogen (secondary N) is 1. The first kappa shape index (κ1) is 18.2. The maximum Gasteiger partial charge on any atom is 0.273 e. The van der Waals surface area contributed by atoms with E-state index in [4.69, 9.17) is 0 Å². The molecule has 7 nitrogen and oxygen atoms in total. The van der Waals surface area contributed by atoms with Gasteiger partial charge in [0.25, 0.3) is 5.91 Å². The van der Waals surface area contributed by atoms with Crippen LogP contribution in [-0.2, 0) is 6.54 Å². The number of rotatable bonds is 6. The molecule has 7 heteroatoms. The molecule has 1 unspecified atom stereocenters. The molecule has 1 atom stereocenters. The number of aromatic hydroxyl groups is 1. The molecule has 2 aromatic carbocycles. The number of amides is 1. The number of hydrogen-bond donors (Lipinski definition) is 2. The topological polar surface area (TPSA) is 87.0 Å². The Bertz CT molecular complexity index is 1150. The fraction of sp³-hybridized carbons (Fsp3) is 0.174. The number of fused-ring (bicyclic) bond motifs is 1. The molecule has 0 radical (unpaired) electrons. The smallest absolute Gasteiger partial charge is 0.273 e. The molecule has 0 saturated carbocycles. The Labute approximate surface area is 173 Å². The van der Waals surface area contributed by atoms with E-state index in [2.05, 4.69) is 15.2 Å². The first-order valence-corrected chi connectivity index (χ1v) is 9.91. The van der Waals surface area contributed by atoms with E-state index in [-0.39, 0.29) is 17.7 Å². The third-order valence-electron chi connectivity index (χ3n) is 5.49. The lowest BCUT2D eigenvalue weighted by Gasteiger charge is -2.26. The number of aryl methyl sites for hydroxylation is 1. The van der Waals surface area contributed by atoms with Gasteiger partial charge >= 0.3 is 0 Å². The number of hydrogen-bond acceptors (Lipinski definition) is 4. The molecule has 30 heavy (non-hydrogen) atoms. The van der Waals surface area contributed by atoms with Gasteiger partial charge in [0.1, 0.15) is 11.4 Å². The minimum atomic E-state index is -0.259. The van der Waals surface area contributed by atoms with Gasteiger partial charge in [-0.2, -0.15) is 5.10 Å². The standard InChI is InChI=1S/C23H21N5O2/c29-18-9-7-17(8-10-18)22-19-20(16-5-2-1-3-6-16)25-26-21(19)23(30)28(22)13-4-12-27-14-11-24-15-27/h1-3,5-11,14-15,22,29H,4,12-13H2,(H,25,26). The lowest BCUT2D eigenvalue weighted by Crippen LogP contribution is -2.31. The Balaban J connectivity index is 1.52. The number of aromatic amines is 1. The number of nitrogens with zero attached hydrogens (tertiary/aromatic N) is 4. The minimum Gasteiger partial charge on any atom is -0.508 e. The van der Waals surface area contributed by atoms with Crippen molar-refractivity contribution in [3.8, 4) is 17.0 Å². The van der Waals surface area contributed by atoms with Crippen molar-refractivity contribution < 1.29 is 9.90 Å². The van der Waals surface area contributed by atoms with Crippen LogP contribution in [0.4, 0.5) is 0 Å². The number of carbonyl (C=O) groups excluding carboxylic acids is 1. The first-order valence-electron chi connectivity index (χ1n) is 9.91. The molecule has 2 aromatic heterocycles. The van der Waals surface area contributed by atoms with E-state index in [1.807, 2.05) is 58.1 Å². The maximum absolute atomic E-state index is 13.3. The SMILES string of the molecule is O=C1c2[nH]nc(-c3ccccc3)c2C(c2ccc(O)cc2)N1CCCn1ccnc1. The Morgan fingerprint density at radius 3 is 2.57 bits per heavy atom. The second-order valence-corrected chi connectivity index (χ2v) is 7.37. The van der Waals surface area contributed by atoms with Gasteiger partial charge in [-0.05, 0) is 24.1 Å². The summed E-state index contributed by atoms with van der Waals surface area (Å²) in [5.41, 5.74) is 4.12. The molecular weight excluding hydrogens is 378 g/mol. The van der Waals surface area contributed by atoms with Crippen LogP contribution in [0.15, 0.2) is 73.3 Å². The Morgan fingerprint density at radius 2 is 1.83 bits per heavy atom. The lowest BCUT2D eigenvalue weighted by molar-refractivity contribution is 0.0739. The maximum atomic E-state index is 13.3. The summed E-state index contributed by atoms with van der Waals surface area (Å²) in [6.45, 7) is 1.38. The summed E-state index contributed by atoms with van der Waals surface area (Å²) < 4.78 is 2.01. The number of carbonyl (C=O) groups is 1. The van der Waals surface area contributed by atoms with E-state index in [9.17, 15) is 9.90 Å². The molecule has 150 valence electrons. The minimum absolute atomic E-state index is 0.0524. The summed E-state index contributed by atoms with van der Waals surface area (Å²) in [7, 11) is 0. The van der Waals surface area contributed by atoms with Gasteiger partial charge < -0.3 is 14.6 Å². The van der Waals surface area contributed by atoms with Crippen LogP contribution in [0.5, 0.6) is 5.75 Å². The van der Waals surface area contributed by atoms with Gasteiger partial charge in [-0.15, -0.1) is 0 Å². The monoisotopic (exact) mass is 399 g/mol. The van der Waals surface area contributed by atoms with Crippen LogP contribution in [0.25, 0.3) is 11.3 Å². The van der Waals surface area contributed by atoms with Crippen molar-refractivity contribution in [2.24, 2.45) is 0 Å². The number of imidazole rings is 1. The molecule has 5 rings (SSSR count). The van der Waals surface area contributed by atoms with E-state index in [1.165, 1.54) is 0 Å². The average Bonchev–Trinajstić information content (AvgIpc) is 3.49. The van der Waals surface area contributed by atoms with E-state index < -0.39 is 0 Å². The second kappa shape index (κ2) is 7.51. The predicted molar refractivity (Wildman–Crippen MR) is 112 cm³/mol. The molecule has 1 aliphatic heterocycles. The summed E-state index contributed by atoms with van der Waals surface area (Å²) in [5.74, 6) is 0.147. The molecule has 0 spiro atoms. The van der Waals surface area contributed by atoms with Gasteiger partial charge in [0.2, 0.25) is 0 Å². The van der Waals surface area contributed by atoms with Gasteiger partial charge in [-0.1, -0.05) is 42.5 Å². The molecule has 0 saturated heterocycles. The number of phenolic OH excluding ortho intramolecular Hbond substituents is 1. The number of benzene rings is 2. The number of H-pyrrole nitrogens is 1. The van der Waals surface area contributed by atoms with Crippen LogP contribution >= 0.6 is 0 Å². The predicted octanol–water partition coefficient (Wildman–Crippen LogP) is 3.61. The third kappa shape index (κ3) is 3.14. The van der Waals surface area contributed by atoms with E-state index in [1.54, 1.807) is 24.7 Å². The number of aromatic nitrogens is 4. The van der Waals surface area contributed by atoms with E-state index >= 15 is 0 Å². The van der Waals surface area contributed by atoms with Crippen LogP contribution in [0, 0.1) is 0 Å². The van der Waals surface area contributed by atoms with Crippen molar-refractivity contribution in [3.05, 3.63) is 90.1 Å². The number of phenols is 1. The van der Waals surface area contributed by atoms with Crippen LogP contribution in [0.1, 0.15) is 34.1 Å². The second-order valence-electron chi connectivity index (χ2n) is 7.37. The molecule has 2 N–H and O–H groups in total. The van der Waals surface area contributed by atoms with E-state index in [0.29, 0.717) is 12.2 Å². The zero-order valence-corrected chi connectivity index (χ0v) is 16.3. The zero-order chi connectivity index (χ0) is 20.5. The molecule has 0 bridgehead atoms. The fourth-order valence-electron chi connectivity index (χ4n) is 4.09. The quantitative estimate of drug-likeness (QED) is 0.518. The van der Waals surface area contributed by atoms with Crippen LogP contribution in [-0.4, -0.2) is 42.2 Å². The molecule has 0 fully saturated rings. The molecular formula is C23H21N5O2. The van der Waals surface area contributed by atoms with Crippen molar-refractivity contribution in [2.75, 3.05) is 6.54 Å². The van der Waals surface area contributed by atoms with Crippen molar-refractivity contribution in [1.29, 1.82) is 0 Å². The van der Waals surface area contributed by atoms with Crippen LogP contribution in [0.2, 0.25) is 0 Å². The van der Waals surface area contributed by atoms with Crippen molar-refractivity contribution in [1.82, 2.24) is 24.6 Å². The highest BCUT2D eigenvalue weighted by atomic mass is 16.3. The average molecular weight is 399 g/mol. The molecule has 1 amide bonds. The summed E-state index contributed by atoms with van der Waals surface area (Å²) in [6.07, 6.45) is 6.25. The van der Waals surface area contributed by atoms with Crippen LogP contribution < -0.4 is 0 Å².